The third-order valence-corrected chi connectivity index (χ3v) is 6.55. The number of aromatic nitrogens is 1. The standard InChI is InChI=1S/C24H26N2O2S/c1-5-15(13-26(3)4)16-6-8-17(9-7-16)20-19(27)12-14(2)22-21(20)18-10-11-29-23(18)24(28)25-22/h6-12,15,27H,5,13H2,1-4H3,(H,25,28). The van der Waals surface area contributed by atoms with Gasteiger partial charge in [0.05, 0.1) is 5.52 Å². The van der Waals surface area contributed by atoms with Gasteiger partial charge in [-0.05, 0) is 67.6 Å². The Balaban J connectivity index is 1.92. The quantitative estimate of drug-likeness (QED) is 0.461. The van der Waals surface area contributed by atoms with E-state index >= 15 is 0 Å². The molecule has 150 valence electrons. The van der Waals surface area contributed by atoms with Gasteiger partial charge in [-0.1, -0.05) is 31.2 Å². The Hall–Kier alpha value is -2.63. The number of thiophene rings is 1. The molecule has 1 unspecified atom stereocenters. The smallest absolute Gasteiger partial charge is 0.266 e. The molecule has 4 rings (SSSR count). The maximum Gasteiger partial charge on any atom is 0.266 e. The fourth-order valence-corrected chi connectivity index (χ4v) is 5.00. The minimum absolute atomic E-state index is 0.0768. The van der Waals surface area contributed by atoms with Crippen molar-refractivity contribution in [1.82, 2.24) is 9.88 Å². The first-order chi connectivity index (χ1) is 13.9. The minimum atomic E-state index is -0.0768. The number of aryl methyl sites for hydroxylation is 1. The van der Waals surface area contributed by atoms with Crippen LogP contribution in [0.15, 0.2) is 46.6 Å². The van der Waals surface area contributed by atoms with Gasteiger partial charge in [0.15, 0.2) is 0 Å². The van der Waals surface area contributed by atoms with Gasteiger partial charge in [0.2, 0.25) is 0 Å². The van der Waals surface area contributed by atoms with E-state index in [-0.39, 0.29) is 11.3 Å². The zero-order valence-corrected chi connectivity index (χ0v) is 18.1. The van der Waals surface area contributed by atoms with Crippen LogP contribution in [-0.2, 0) is 0 Å². The van der Waals surface area contributed by atoms with E-state index in [1.54, 1.807) is 6.07 Å². The van der Waals surface area contributed by atoms with Crippen molar-refractivity contribution >= 4 is 32.3 Å². The molecule has 0 aliphatic heterocycles. The van der Waals surface area contributed by atoms with Crippen LogP contribution in [0.2, 0.25) is 0 Å². The summed E-state index contributed by atoms with van der Waals surface area (Å²) in [5.41, 5.74) is 4.60. The second-order valence-electron chi connectivity index (χ2n) is 7.94. The molecule has 2 N–H and O–H groups in total. The lowest BCUT2D eigenvalue weighted by molar-refractivity contribution is 0.368. The van der Waals surface area contributed by atoms with E-state index in [1.165, 1.54) is 16.9 Å². The Morgan fingerprint density at radius 1 is 1.17 bits per heavy atom. The lowest BCUT2D eigenvalue weighted by Crippen LogP contribution is -2.19. The van der Waals surface area contributed by atoms with E-state index in [2.05, 4.69) is 55.2 Å². The summed E-state index contributed by atoms with van der Waals surface area (Å²) in [6.07, 6.45) is 1.08. The van der Waals surface area contributed by atoms with Gasteiger partial charge in [0.25, 0.3) is 5.56 Å². The number of aromatic hydroxyl groups is 1. The summed E-state index contributed by atoms with van der Waals surface area (Å²) in [5, 5.41) is 14.6. The van der Waals surface area contributed by atoms with Crippen LogP contribution in [0.3, 0.4) is 0 Å². The molecule has 2 heterocycles. The molecule has 0 radical (unpaired) electrons. The number of phenolic OH excluding ortho intramolecular Hbond substituents is 1. The van der Waals surface area contributed by atoms with Gasteiger partial charge in [-0.2, -0.15) is 0 Å². The zero-order valence-electron chi connectivity index (χ0n) is 17.2. The highest BCUT2D eigenvalue weighted by Gasteiger charge is 2.18. The number of nitrogens with one attached hydrogen (secondary N) is 1. The normalized spacial score (nSPS) is 12.9. The van der Waals surface area contributed by atoms with Crippen molar-refractivity contribution in [3.63, 3.8) is 0 Å². The number of phenols is 1. The van der Waals surface area contributed by atoms with Crippen molar-refractivity contribution in [2.24, 2.45) is 0 Å². The second kappa shape index (κ2) is 7.65. The number of H-pyrrole nitrogens is 1. The molecule has 0 fully saturated rings. The number of benzene rings is 2. The van der Waals surface area contributed by atoms with E-state index in [0.29, 0.717) is 10.6 Å². The van der Waals surface area contributed by atoms with Crippen LogP contribution in [0.25, 0.3) is 32.1 Å². The zero-order chi connectivity index (χ0) is 20.7. The average molecular weight is 407 g/mol. The Morgan fingerprint density at radius 2 is 1.90 bits per heavy atom. The summed E-state index contributed by atoms with van der Waals surface area (Å²) >= 11 is 1.43. The van der Waals surface area contributed by atoms with Crippen molar-refractivity contribution in [3.8, 4) is 16.9 Å². The lowest BCUT2D eigenvalue weighted by atomic mass is 9.91. The van der Waals surface area contributed by atoms with Crippen LogP contribution in [-0.4, -0.2) is 35.6 Å². The summed E-state index contributed by atoms with van der Waals surface area (Å²) in [6, 6.07) is 12.2. The summed E-state index contributed by atoms with van der Waals surface area (Å²) in [4.78, 5) is 17.7. The first-order valence-electron chi connectivity index (χ1n) is 9.91. The number of pyridine rings is 1. The SMILES string of the molecule is CCC(CN(C)C)c1ccc(-c2c(O)cc(C)c3[nH]c(=O)c4sccc4c23)cc1. The average Bonchev–Trinajstić information content (AvgIpc) is 3.18. The maximum absolute atomic E-state index is 12.5. The van der Waals surface area contributed by atoms with Crippen LogP contribution < -0.4 is 5.56 Å². The monoisotopic (exact) mass is 406 g/mol. The van der Waals surface area contributed by atoms with Crippen LogP contribution >= 0.6 is 11.3 Å². The number of nitrogens with zero attached hydrogens (tertiary/aromatic N) is 1. The van der Waals surface area contributed by atoms with Crippen LogP contribution in [0.4, 0.5) is 0 Å². The van der Waals surface area contributed by atoms with Gasteiger partial charge in [-0.15, -0.1) is 11.3 Å². The highest BCUT2D eigenvalue weighted by Crippen LogP contribution is 2.41. The molecule has 0 spiro atoms. The van der Waals surface area contributed by atoms with Gasteiger partial charge in [-0.3, -0.25) is 4.79 Å². The molecule has 5 heteroatoms. The number of hydrogen-bond acceptors (Lipinski definition) is 4. The fraction of sp³-hybridized carbons (Fsp3) is 0.292. The summed E-state index contributed by atoms with van der Waals surface area (Å²) in [6.45, 7) is 5.13. The van der Waals surface area contributed by atoms with E-state index in [1.807, 2.05) is 18.4 Å². The summed E-state index contributed by atoms with van der Waals surface area (Å²) in [7, 11) is 4.20. The highest BCUT2D eigenvalue weighted by atomic mass is 32.1. The maximum atomic E-state index is 12.5. The van der Waals surface area contributed by atoms with Gasteiger partial charge in [0.1, 0.15) is 10.4 Å². The number of fused-ring (bicyclic) bond motifs is 3. The molecule has 0 saturated carbocycles. The van der Waals surface area contributed by atoms with Crippen molar-refractivity contribution in [1.29, 1.82) is 0 Å². The van der Waals surface area contributed by atoms with Crippen LogP contribution in [0.1, 0.15) is 30.4 Å². The third-order valence-electron chi connectivity index (χ3n) is 5.63. The molecule has 29 heavy (non-hydrogen) atoms. The highest BCUT2D eigenvalue weighted by molar-refractivity contribution is 7.17. The van der Waals surface area contributed by atoms with E-state index < -0.39 is 0 Å². The first-order valence-corrected chi connectivity index (χ1v) is 10.8. The van der Waals surface area contributed by atoms with Crippen LogP contribution in [0, 0.1) is 6.92 Å². The minimum Gasteiger partial charge on any atom is -0.507 e. The molecule has 0 amide bonds. The Morgan fingerprint density at radius 3 is 2.55 bits per heavy atom. The Labute approximate surface area is 174 Å². The largest absolute Gasteiger partial charge is 0.507 e. The van der Waals surface area contributed by atoms with Gasteiger partial charge >= 0.3 is 0 Å². The summed E-state index contributed by atoms with van der Waals surface area (Å²) < 4.78 is 0.692. The van der Waals surface area contributed by atoms with Crippen LogP contribution in [0.5, 0.6) is 5.75 Å². The Bertz CT molecular complexity index is 1240. The van der Waals surface area contributed by atoms with Crippen molar-refractivity contribution in [2.75, 3.05) is 20.6 Å². The molecule has 0 aliphatic carbocycles. The predicted octanol–water partition coefficient (Wildman–Crippen LogP) is 5.48. The van der Waals surface area contributed by atoms with Crippen molar-refractivity contribution < 1.29 is 5.11 Å². The number of likely N-dealkylation sites (N-methyl/N-ethyl adjacent to an activating group) is 1. The van der Waals surface area contributed by atoms with Gasteiger partial charge in [-0.25, -0.2) is 0 Å². The molecule has 4 aromatic rings. The molecular weight excluding hydrogens is 380 g/mol. The second-order valence-corrected chi connectivity index (χ2v) is 8.86. The van der Waals surface area contributed by atoms with Gasteiger partial charge in [0, 0.05) is 22.9 Å². The van der Waals surface area contributed by atoms with E-state index in [9.17, 15) is 9.90 Å². The number of hydrogen-bond donors (Lipinski definition) is 2. The molecule has 1 atom stereocenters. The number of rotatable bonds is 5. The van der Waals surface area contributed by atoms with E-state index in [0.717, 1.165) is 45.9 Å². The fourth-order valence-electron chi connectivity index (χ4n) is 4.21. The van der Waals surface area contributed by atoms with E-state index in [4.69, 9.17) is 0 Å². The topological polar surface area (TPSA) is 56.3 Å². The van der Waals surface area contributed by atoms with Gasteiger partial charge < -0.3 is 15.0 Å². The molecule has 0 aliphatic rings. The summed E-state index contributed by atoms with van der Waals surface area (Å²) in [5.74, 6) is 0.713. The molecule has 2 aromatic carbocycles. The molecule has 4 nitrogen and oxygen atoms in total. The molecule has 0 bridgehead atoms. The first kappa shape index (κ1) is 19.7. The predicted molar refractivity (Wildman–Crippen MR) is 123 cm³/mol. The number of aromatic amines is 1. The lowest BCUT2D eigenvalue weighted by Gasteiger charge is -2.20. The van der Waals surface area contributed by atoms with Crippen molar-refractivity contribution in [2.45, 2.75) is 26.2 Å². The molecule has 0 saturated heterocycles. The van der Waals surface area contributed by atoms with Crippen molar-refractivity contribution in [3.05, 3.63) is 63.3 Å². The Kier molecular flexibility index (Phi) is 5.19. The molecular formula is C24H26N2O2S. The molecule has 2 aromatic heterocycles. The third kappa shape index (κ3) is 3.45.